The molecular weight excluding hydrogens is 250 g/mol. The summed E-state index contributed by atoms with van der Waals surface area (Å²) in [7, 11) is 0. The largest absolute Gasteiger partial charge is 0.371 e. The maximum atomic E-state index is 5.80. The number of rotatable bonds is 9. The van der Waals surface area contributed by atoms with Crippen molar-refractivity contribution in [2.45, 2.75) is 66.4 Å². The fourth-order valence-electron chi connectivity index (χ4n) is 2.32. The quantitative estimate of drug-likeness (QED) is 0.741. The van der Waals surface area contributed by atoms with Crippen molar-refractivity contribution in [3.63, 3.8) is 0 Å². The van der Waals surface area contributed by atoms with E-state index in [9.17, 15) is 0 Å². The van der Waals surface area contributed by atoms with E-state index in [1.165, 1.54) is 5.56 Å². The number of nitrogens with one attached hydrogen (secondary N) is 1. The molecule has 1 aromatic heterocycles. The summed E-state index contributed by atoms with van der Waals surface area (Å²) in [5.41, 5.74) is 2.28. The van der Waals surface area contributed by atoms with Gasteiger partial charge in [0, 0.05) is 24.4 Å². The number of hydrogen-bond donors (Lipinski definition) is 1. The minimum absolute atomic E-state index is 0.0109. The molecule has 0 aliphatic carbocycles. The van der Waals surface area contributed by atoms with Crippen LogP contribution in [0.15, 0.2) is 0 Å². The Bertz CT molecular complexity index is 401. The van der Waals surface area contributed by atoms with Crippen LogP contribution >= 0.6 is 0 Å². The van der Waals surface area contributed by atoms with E-state index < -0.39 is 0 Å². The molecule has 0 amide bonds. The van der Waals surface area contributed by atoms with Gasteiger partial charge in [0.2, 0.25) is 0 Å². The molecule has 0 bridgehead atoms. The molecule has 0 aromatic carbocycles. The van der Waals surface area contributed by atoms with Crippen LogP contribution in [0.25, 0.3) is 0 Å². The maximum Gasteiger partial charge on any atom is 0.159 e. The number of hydrogen-bond acceptors (Lipinski definition) is 4. The Morgan fingerprint density at radius 2 is 1.85 bits per heavy atom. The Labute approximate surface area is 123 Å². The molecule has 0 saturated carbocycles. The molecule has 114 valence electrons. The van der Waals surface area contributed by atoms with Gasteiger partial charge in [0.25, 0.3) is 0 Å². The molecule has 0 fully saturated rings. The van der Waals surface area contributed by atoms with Gasteiger partial charge in [0.15, 0.2) is 5.82 Å². The fraction of sp³-hybridized carbons (Fsp3) is 0.750. The van der Waals surface area contributed by atoms with E-state index >= 15 is 0 Å². The minimum atomic E-state index is 0.0109. The third-order valence-electron chi connectivity index (χ3n) is 3.33. The lowest BCUT2D eigenvalue weighted by Crippen LogP contribution is -2.15. The molecule has 0 saturated heterocycles. The second-order valence-corrected chi connectivity index (χ2v) is 5.01. The normalized spacial score (nSPS) is 12.4. The van der Waals surface area contributed by atoms with Crippen LogP contribution in [-0.4, -0.2) is 23.1 Å². The van der Waals surface area contributed by atoms with Crippen LogP contribution in [0.5, 0.6) is 0 Å². The van der Waals surface area contributed by atoms with Crippen LogP contribution in [-0.2, 0) is 11.2 Å². The number of aryl methyl sites for hydroxylation is 1. The lowest BCUT2D eigenvalue weighted by atomic mass is 10.1. The first-order chi connectivity index (χ1) is 9.67. The molecule has 1 atom stereocenters. The zero-order valence-electron chi connectivity index (χ0n) is 13.6. The Balaban J connectivity index is 3.09. The molecule has 1 aromatic rings. The lowest BCUT2D eigenvalue weighted by Gasteiger charge is -2.19. The molecule has 1 unspecified atom stereocenters. The second-order valence-electron chi connectivity index (χ2n) is 5.01. The average Bonchev–Trinajstić information content (AvgIpc) is 2.44. The third kappa shape index (κ3) is 4.44. The van der Waals surface area contributed by atoms with Crippen molar-refractivity contribution >= 4 is 5.82 Å². The average molecular weight is 279 g/mol. The summed E-state index contributed by atoms with van der Waals surface area (Å²) in [5, 5.41) is 3.43. The number of ether oxygens (including phenoxy) is 1. The molecule has 1 heterocycles. The first kappa shape index (κ1) is 16.9. The smallest absolute Gasteiger partial charge is 0.159 e. The molecule has 4 heteroatoms. The summed E-state index contributed by atoms with van der Waals surface area (Å²) < 4.78 is 5.80. The van der Waals surface area contributed by atoms with E-state index in [0.717, 1.165) is 49.6 Å². The molecule has 0 aliphatic heterocycles. The van der Waals surface area contributed by atoms with E-state index in [-0.39, 0.29) is 6.10 Å². The summed E-state index contributed by atoms with van der Waals surface area (Å²) >= 11 is 0. The number of nitrogens with zero attached hydrogens (tertiary/aromatic N) is 2. The van der Waals surface area contributed by atoms with Crippen LogP contribution in [0.2, 0.25) is 0 Å². The van der Waals surface area contributed by atoms with Gasteiger partial charge in [-0.05, 0) is 33.1 Å². The van der Waals surface area contributed by atoms with Crippen LogP contribution in [0.1, 0.15) is 70.1 Å². The minimum Gasteiger partial charge on any atom is -0.371 e. The maximum absolute atomic E-state index is 5.80. The standard InChI is InChI=1S/C16H29N3O/c1-6-10-14(20-9-4)16-18-12(5)13(8-3)15(19-16)17-11-7-2/h14H,6-11H2,1-5H3,(H,17,18,19). The molecule has 20 heavy (non-hydrogen) atoms. The SMILES string of the molecule is CCCNc1nc(C(CCC)OCC)nc(C)c1CC. The van der Waals surface area contributed by atoms with Gasteiger partial charge in [0.1, 0.15) is 11.9 Å². The van der Waals surface area contributed by atoms with Crippen molar-refractivity contribution in [1.29, 1.82) is 0 Å². The summed E-state index contributed by atoms with van der Waals surface area (Å²) in [6.07, 6.45) is 4.08. The van der Waals surface area contributed by atoms with Gasteiger partial charge in [0.05, 0.1) is 0 Å². The van der Waals surface area contributed by atoms with Crippen LogP contribution in [0.4, 0.5) is 5.82 Å². The molecule has 1 rings (SSSR count). The first-order valence-electron chi connectivity index (χ1n) is 7.90. The lowest BCUT2D eigenvalue weighted by molar-refractivity contribution is 0.0493. The third-order valence-corrected chi connectivity index (χ3v) is 3.33. The van der Waals surface area contributed by atoms with Crippen molar-refractivity contribution in [3.05, 3.63) is 17.1 Å². The molecule has 1 N–H and O–H groups in total. The Morgan fingerprint density at radius 3 is 2.40 bits per heavy atom. The van der Waals surface area contributed by atoms with Crippen molar-refractivity contribution in [1.82, 2.24) is 9.97 Å². The zero-order valence-corrected chi connectivity index (χ0v) is 13.6. The highest BCUT2D eigenvalue weighted by atomic mass is 16.5. The fourth-order valence-corrected chi connectivity index (χ4v) is 2.32. The molecule has 0 radical (unpaired) electrons. The monoisotopic (exact) mass is 279 g/mol. The van der Waals surface area contributed by atoms with Gasteiger partial charge in [-0.3, -0.25) is 0 Å². The van der Waals surface area contributed by atoms with E-state index in [2.05, 4.69) is 38.0 Å². The Hall–Kier alpha value is -1.16. The van der Waals surface area contributed by atoms with Crippen molar-refractivity contribution in [2.75, 3.05) is 18.5 Å². The molecule has 0 spiro atoms. The summed E-state index contributed by atoms with van der Waals surface area (Å²) in [6.45, 7) is 12.2. The van der Waals surface area contributed by atoms with Gasteiger partial charge >= 0.3 is 0 Å². The zero-order chi connectivity index (χ0) is 15.0. The van der Waals surface area contributed by atoms with Crippen LogP contribution in [0, 0.1) is 6.92 Å². The topological polar surface area (TPSA) is 47.0 Å². The van der Waals surface area contributed by atoms with Gasteiger partial charge < -0.3 is 10.1 Å². The summed E-state index contributed by atoms with van der Waals surface area (Å²) in [5.74, 6) is 1.81. The highest BCUT2D eigenvalue weighted by molar-refractivity contribution is 5.46. The van der Waals surface area contributed by atoms with Gasteiger partial charge in [-0.25, -0.2) is 9.97 Å². The van der Waals surface area contributed by atoms with Crippen LogP contribution < -0.4 is 5.32 Å². The van der Waals surface area contributed by atoms with Crippen molar-refractivity contribution in [3.8, 4) is 0 Å². The van der Waals surface area contributed by atoms with Gasteiger partial charge in [-0.1, -0.05) is 27.2 Å². The highest BCUT2D eigenvalue weighted by Crippen LogP contribution is 2.24. The van der Waals surface area contributed by atoms with Gasteiger partial charge in [-0.2, -0.15) is 0 Å². The Morgan fingerprint density at radius 1 is 1.10 bits per heavy atom. The molecule has 4 nitrogen and oxygen atoms in total. The van der Waals surface area contributed by atoms with E-state index in [1.54, 1.807) is 0 Å². The highest BCUT2D eigenvalue weighted by Gasteiger charge is 2.17. The van der Waals surface area contributed by atoms with E-state index in [0.29, 0.717) is 6.61 Å². The second kappa shape index (κ2) is 8.90. The number of anilines is 1. The van der Waals surface area contributed by atoms with Crippen LogP contribution in [0.3, 0.4) is 0 Å². The Kier molecular flexibility index (Phi) is 7.52. The van der Waals surface area contributed by atoms with Gasteiger partial charge in [-0.15, -0.1) is 0 Å². The number of aromatic nitrogens is 2. The van der Waals surface area contributed by atoms with E-state index in [4.69, 9.17) is 9.72 Å². The van der Waals surface area contributed by atoms with E-state index in [1.807, 2.05) is 6.92 Å². The summed E-state index contributed by atoms with van der Waals surface area (Å²) in [6, 6.07) is 0. The predicted molar refractivity (Wildman–Crippen MR) is 84.2 cm³/mol. The molecule has 0 aliphatic rings. The van der Waals surface area contributed by atoms with Crippen molar-refractivity contribution in [2.24, 2.45) is 0 Å². The van der Waals surface area contributed by atoms with Crippen molar-refractivity contribution < 1.29 is 4.74 Å². The summed E-state index contributed by atoms with van der Waals surface area (Å²) in [4.78, 5) is 9.41. The molecular formula is C16H29N3O. The first-order valence-corrected chi connectivity index (χ1v) is 7.90. The predicted octanol–water partition coefficient (Wildman–Crippen LogP) is 4.05.